The molecule has 0 aromatic heterocycles. The third-order valence-corrected chi connectivity index (χ3v) is 4.70. The monoisotopic (exact) mass is 354 g/mol. The lowest BCUT2D eigenvalue weighted by Crippen LogP contribution is -2.55. The number of nitrogens with zero attached hydrogens (tertiary/aromatic N) is 2. The molecule has 26 heavy (non-hydrogen) atoms. The Morgan fingerprint density at radius 1 is 1.00 bits per heavy atom. The molecule has 0 amide bonds. The molecule has 2 aromatic rings. The molecular weight excluding hydrogens is 328 g/mol. The van der Waals surface area contributed by atoms with Crippen LogP contribution in [-0.2, 0) is 22.7 Å². The number of benzene rings is 2. The van der Waals surface area contributed by atoms with Gasteiger partial charge in [0.25, 0.3) is 0 Å². The first-order valence-electron chi connectivity index (χ1n) is 9.04. The van der Waals surface area contributed by atoms with Gasteiger partial charge in [-0.2, -0.15) is 0 Å². The lowest BCUT2D eigenvalue weighted by molar-refractivity contribution is -0.140. The van der Waals surface area contributed by atoms with Gasteiger partial charge in [-0.05, 0) is 11.1 Å². The fourth-order valence-corrected chi connectivity index (χ4v) is 3.37. The molecule has 5 nitrogen and oxygen atoms in total. The number of carbonyl (C=O) groups is 1. The van der Waals surface area contributed by atoms with Crippen molar-refractivity contribution in [1.82, 2.24) is 9.80 Å². The van der Waals surface area contributed by atoms with Crippen LogP contribution in [0.4, 0.5) is 0 Å². The van der Waals surface area contributed by atoms with E-state index in [1.54, 1.807) is 0 Å². The fraction of sp³-hybridized carbons (Fsp3) is 0.381. The highest BCUT2D eigenvalue weighted by Crippen LogP contribution is 2.14. The van der Waals surface area contributed by atoms with Crippen LogP contribution in [-0.4, -0.2) is 59.7 Å². The van der Waals surface area contributed by atoms with E-state index in [2.05, 4.69) is 29.2 Å². The lowest BCUT2D eigenvalue weighted by atomic mass is 10.1. The maximum atomic E-state index is 11.2. The summed E-state index contributed by atoms with van der Waals surface area (Å²) in [6.07, 6.45) is 0. The van der Waals surface area contributed by atoms with Crippen LogP contribution in [0, 0.1) is 0 Å². The Bertz CT molecular complexity index is 678. The van der Waals surface area contributed by atoms with Crippen molar-refractivity contribution in [3.8, 4) is 0 Å². The lowest BCUT2D eigenvalue weighted by Gasteiger charge is -2.40. The van der Waals surface area contributed by atoms with Gasteiger partial charge in [-0.1, -0.05) is 60.7 Å². The second-order valence-corrected chi connectivity index (χ2v) is 6.74. The van der Waals surface area contributed by atoms with E-state index >= 15 is 0 Å². The summed E-state index contributed by atoms with van der Waals surface area (Å²) in [6.45, 7) is 4.48. The summed E-state index contributed by atoms with van der Waals surface area (Å²) in [5, 5.41) is 9.19. The van der Waals surface area contributed by atoms with Gasteiger partial charge in [-0.15, -0.1) is 0 Å². The molecule has 0 unspecified atom stereocenters. The van der Waals surface area contributed by atoms with E-state index in [0.29, 0.717) is 13.2 Å². The minimum absolute atomic E-state index is 0.0680. The molecule has 1 saturated heterocycles. The van der Waals surface area contributed by atoms with E-state index < -0.39 is 5.97 Å². The van der Waals surface area contributed by atoms with E-state index in [1.165, 1.54) is 5.56 Å². The van der Waals surface area contributed by atoms with Gasteiger partial charge in [0.15, 0.2) is 0 Å². The van der Waals surface area contributed by atoms with Gasteiger partial charge < -0.3 is 9.84 Å². The van der Waals surface area contributed by atoms with Crippen molar-refractivity contribution in [2.45, 2.75) is 19.2 Å². The van der Waals surface area contributed by atoms with Crippen LogP contribution in [0.5, 0.6) is 0 Å². The number of rotatable bonds is 8. The van der Waals surface area contributed by atoms with Gasteiger partial charge in [-0.25, -0.2) is 0 Å². The predicted molar refractivity (Wildman–Crippen MR) is 101 cm³/mol. The highest BCUT2D eigenvalue weighted by molar-refractivity contribution is 5.69. The molecule has 1 aliphatic rings. The number of aliphatic carboxylic acids is 1. The van der Waals surface area contributed by atoms with Crippen molar-refractivity contribution in [2.24, 2.45) is 0 Å². The van der Waals surface area contributed by atoms with Crippen molar-refractivity contribution in [1.29, 1.82) is 0 Å². The quantitative estimate of drug-likeness (QED) is 0.789. The van der Waals surface area contributed by atoms with Gasteiger partial charge in [0.05, 0.1) is 19.8 Å². The highest BCUT2D eigenvalue weighted by Gasteiger charge is 2.28. The van der Waals surface area contributed by atoms with Crippen LogP contribution in [0.1, 0.15) is 11.1 Å². The van der Waals surface area contributed by atoms with Crippen LogP contribution in [0.25, 0.3) is 0 Å². The maximum absolute atomic E-state index is 11.2. The Morgan fingerprint density at radius 2 is 1.65 bits per heavy atom. The number of hydrogen-bond acceptors (Lipinski definition) is 4. The van der Waals surface area contributed by atoms with Gasteiger partial charge >= 0.3 is 5.97 Å². The normalized spacial score (nSPS) is 18.7. The smallest absolute Gasteiger partial charge is 0.317 e. The summed E-state index contributed by atoms with van der Waals surface area (Å²) in [7, 11) is 0. The number of hydrogen-bond donors (Lipinski definition) is 1. The average molecular weight is 354 g/mol. The summed E-state index contributed by atoms with van der Waals surface area (Å²) in [5.74, 6) is -0.783. The second-order valence-electron chi connectivity index (χ2n) is 6.74. The van der Waals surface area contributed by atoms with Crippen molar-refractivity contribution in [2.75, 3.05) is 32.8 Å². The predicted octanol–water partition coefficient (Wildman–Crippen LogP) is 2.47. The molecule has 1 N–H and O–H groups in total. The van der Waals surface area contributed by atoms with E-state index in [9.17, 15) is 9.90 Å². The van der Waals surface area contributed by atoms with Crippen molar-refractivity contribution in [3.05, 3.63) is 71.8 Å². The molecule has 138 valence electrons. The molecule has 0 saturated carbocycles. The minimum Gasteiger partial charge on any atom is -0.480 e. The van der Waals surface area contributed by atoms with Crippen LogP contribution >= 0.6 is 0 Å². The topological polar surface area (TPSA) is 53.0 Å². The summed E-state index contributed by atoms with van der Waals surface area (Å²) in [4.78, 5) is 15.6. The Hall–Kier alpha value is -2.21. The minimum atomic E-state index is -0.783. The zero-order valence-corrected chi connectivity index (χ0v) is 15.0. The molecule has 0 aliphatic carbocycles. The average Bonchev–Trinajstić information content (AvgIpc) is 2.65. The van der Waals surface area contributed by atoms with Crippen molar-refractivity contribution in [3.63, 3.8) is 0 Å². The van der Waals surface area contributed by atoms with E-state index in [4.69, 9.17) is 4.74 Å². The number of carboxylic acids is 1. The molecule has 1 fully saturated rings. The molecule has 1 aliphatic heterocycles. The molecular formula is C21H26N2O3. The SMILES string of the molecule is O=C(O)CN1CCN(Cc2ccccc2)C[C@@H]1COCc1ccccc1. The van der Waals surface area contributed by atoms with Crippen LogP contribution in [0.2, 0.25) is 0 Å². The summed E-state index contributed by atoms with van der Waals surface area (Å²) >= 11 is 0. The number of carboxylic acid groups (broad SMARTS) is 1. The second kappa shape index (κ2) is 9.48. The van der Waals surface area contributed by atoms with Gasteiger partial charge in [0.2, 0.25) is 0 Å². The molecule has 1 atom stereocenters. The van der Waals surface area contributed by atoms with E-state index in [-0.39, 0.29) is 12.6 Å². The van der Waals surface area contributed by atoms with Crippen LogP contribution in [0.3, 0.4) is 0 Å². The zero-order valence-electron chi connectivity index (χ0n) is 15.0. The van der Waals surface area contributed by atoms with Gasteiger partial charge in [-0.3, -0.25) is 14.6 Å². The van der Waals surface area contributed by atoms with Crippen molar-refractivity contribution >= 4 is 5.97 Å². The fourth-order valence-electron chi connectivity index (χ4n) is 3.37. The Balaban J connectivity index is 1.56. The summed E-state index contributed by atoms with van der Waals surface area (Å²) < 4.78 is 5.91. The van der Waals surface area contributed by atoms with E-state index in [0.717, 1.165) is 31.7 Å². The standard InChI is InChI=1S/C21H26N2O3/c24-21(25)15-23-12-11-22(13-18-7-3-1-4-8-18)14-20(23)17-26-16-19-9-5-2-6-10-19/h1-10,20H,11-17H2,(H,24,25)/t20-/m1/s1. The molecule has 3 rings (SSSR count). The summed E-state index contributed by atoms with van der Waals surface area (Å²) in [6, 6.07) is 20.5. The zero-order chi connectivity index (χ0) is 18.2. The third kappa shape index (κ3) is 5.66. The molecule has 5 heteroatoms. The first-order chi connectivity index (χ1) is 12.7. The maximum Gasteiger partial charge on any atom is 0.317 e. The van der Waals surface area contributed by atoms with Crippen LogP contribution < -0.4 is 0 Å². The number of ether oxygens (including phenoxy) is 1. The highest BCUT2D eigenvalue weighted by atomic mass is 16.5. The molecule has 0 spiro atoms. The molecule has 1 heterocycles. The Labute approximate surface area is 154 Å². The Kier molecular flexibility index (Phi) is 6.77. The number of piperazine rings is 1. The summed E-state index contributed by atoms with van der Waals surface area (Å²) in [5.41, 5.74) is 2.41. The largest absolute Gasteiger partial charge is 0.480 e. The molecule has 2 aromatic carbocycles. The van der Waals surface area contributed by atoms with Crippen molar-refractivity contribution < 1.29 is 14.6 Å². The molecule has 0 radical (unpaired) electrons. The molecule has 0 bridgehead atoms. The van der Waals surface area contributed by atoms with E-state index in [1.807, 2.05) is 41.3 Å². The third-order valence-electron chi connectivity index (χ3n) is 4.70. The Morgan fingerprint density at radius 3 is 2.31 bits per heavy atom. The van der Waals surface area contributed by atoms with Gasteiger partial charge in [0.1, 0.15) is 0 Å². The van der Waals surface area contributed by atoms with Crippen LogP contribution in [0.15, 0.2) is 60.7 Å². The first kappa shape index (κ1) is 18.6. The van der Waals surface area contributed by atoms with Gasteiger partial charge in [0, 0.05) is 32.2 Å². The first-order valence-corrected chi connectivity index (χ1v) is 9.04.